The standard InChI is InChI=1S/C15H18O4/c1-11(18)2-6-15(19)7-4-12-3-5-13(9-16)14(8-12)10-17/h3-5,7-8,16-17H,2,6,9-10H2,1H3/b7-4+. The monoisotopic (exact) mass is 262 g/mol. The predicted octanol–water partition coefficient (Wildman–Crippen LogP) is 1.62. The zero-order valence-electron chi connectivity index (χ0n) is 10.9. The Bertz CT molecular complexity index is 489. The maximum Gasteiger partial charge on any atom is 0.156 e. The van der Waals surface area contributed by atoms with Gasteiger partial charge in [0.1, 0.15) is 5.78 Å². The van der Waals surface area contributed by atoms with E-state index < -0.39 is 0 Å². The molecule has 102 valence electrons. The molecule has 0 unspecified atom stereocenters. The third kappa shape index (κ3) is 5.16. The lowest BCUT2D eigenvalue weighted by atomic mass is 10.0. The van der Waals surface area contributed by atoms with Gasteiger partial charge in [-0.25, -0.2) is 0 Å². The number of Topliss-reactive ketones (excluding diaryl/α,β-unsaturated/α-hetero) is 1. The smallest absolute Gasteiger partial charge is 0.156 e. The van der Waals surface area contributed by atoms with E-state index in [1.165, 1.54) is 13.0 Å². The quantitative estimate of drug-likeness (QED) is 0.732. The van der Waals surface area contributed by atoms with Gasteiger partial charge in [-0.3, -0.25) is 4.79 Å². The summed E-state index contributed by atoms with van der Waals surface area (Å²) in [4.78, 5) is 22.2. The van der Waals surface area contributed by atoms with Gasteiger partial charge in [-0.2, -0.15) is 0 Å². The molecule has 0 atom stereocenters. The number of carbonyl (C=O) groups excluding carboxylic acids is 2. The molecule has 0 saturated heterocycles. The molecule has 0 heterocycles. The minimum absolute atomic E-state index is 0.00313. The van der Waals surface area contributed by atoms with Crippen molar-refractivity contribution < 1.29 is 19.8 Å². The van der Waals surface area contributed by atoms with E-state index in [1.807, 2.05) is 0 Å². The van der Waals surface area contributed by atoms with Crippen LogP contribution in [0.1, 0.15) is 36.5 Å². The van der Waals surface area contributed by atoms with Crippen LogP contribution >= 0.6 is 0 Å². The van der Waals surface area contributed by atoms with Gasteiger partial charge in [-0.15, -0.1) is 0 Å². The van der Waals surface area contributed by atoms with Gasteiger partial charge < -0.3 is 15.0 Å². The largest absolute Gasteiger partial charge is 0.392 e. The topological polar surface area (TPSA) is 74.6 Å². The Hall–Kier alpha value is -1.78. The average Bonchev–Trinajstić information content (AvgIpc) is 2.42. The van der Waals surface area contributed by atoms with Gasteiger partial charge in [0, 0.05) is 12.8 Å². The lowest BCUT2D eigenvalue weighted by molar-refractivity contribution is -0.120. The van der Waals surface area contributed by atoms with Crippen molar-refractivity contribution in [3.63, 3.8) is 0 Å². The Morgan fingerprint density at radius 1 is 1.11 bits per heavy atom. The van der Waals surface area contributed by atoms with Crippen molar-refractivity contribution in [2.24, 2.45) is 0 Å². The van der Waals surface area contributed by atoms with E-state index in [0.717, 1.165) is 5.56 Å². The van der Waals surface area contributed by atoms with Crippen LogP contribution in [0.3, 0.4) is 0 Å². The van der Waals surface area contributed by atoms with E-state index in [1.54, 1.807) is 24.3 Å². The Morgan fingerprint density at radius 3 is 2.37 bits per heavy atom. The Morgan fingerprint density at radius 2 is 1.79 bits per heavy atom. The molecule has 2 N–H and O–H groups in total. The fraction of sp³-hybridized carbons (Fsp3) is 0.333. The second-order valence-electron chi connectivity index (χ2n) is 4.35. The number of carbonyl (C=O) groups is 2. The first kappa shape index (κ1) is 15.3. The van der Waals surface area contributed by atoms with E-state index >= 15 is 0 Å². The molecule has 0 amide bonds. The number of ketones is 2. The lowest BCUT2D eigenvalue weighted by Gasteiger charge is -2.05. The van der Waals surface area contributed by atoms with E-state index in [4.69, 9.17) is 10.2 Å². The van der Waals surface area contributed by atoms with E-state index in [9.17, 15) is 9.59 Å². The van der Waals surface area contributed by atoms with Crippen molar-refractivity contribution in [2.45, 2.75) is 33.0 Å². The number of allylic oxidation sites excluding steroid dienone is 1. The summed E-state index contributed by atoms with van der Waals surface area (Å²) < 4.78 is 0. The maximum atomic E-state index is 11.5. The van der Waals surface area contributed by atoms with Crippen LogP contribution in [0.4, 0.5) is 0 Å². The van der Waals surface area contributed by atoms with Crippen LogP contribution in [0.25, 0.3) is 6.08 Å². The molecule has 0 radical (unpaired) electrons. The molecule has 1 rings (SSSR count). The summed E-state index contributed by atoms with van der Waals surface area (Å²) in [6.45, 7) is 1.17. The predicted molar refractivity (Wildman–Crippen MR) is 72.2 cm³/mol. The van der Waals surface area contributed by atoms with Crippen LogP contribution in [-0.4, -0.2) is 21.8 Å². The molecule has 4 nitrogen and oxygen atoms in total. The summed E-state index contributed by atoms with van der Waals surface area (Å²) in [7, 11) is 0. The van der Waals surface area contributed by atoms with Crippen molar-refractivity contribution in [2.75, 3.05) is 0 Å². The second-order valence-corrected chi connectivity index (χ2v) is 4.35. The Balaban J connectivity index is 2.71. The summed E-state index contributed by atoms with van der Waals surface area (Å²) >= 11 is 0. The molecule has 4 heteroatoms. The van der Waals surface area contributed by atoms with Crippen LogP contribution in [-0.2, 0) is 22.8 Å². The first-order valence-corrected chi connectivity index (χ1v) is 6.10. The van der Waals surface area contributed by atoms with Gasteiger partial charge >= 0.3 is 0 Å². The van der Waals surface area contributed by atoms with Crippen molar-refractivity contribution in [1.29, 1.82) is 0 Å². The molecule has 0 aliphatic carbocycles. The molecule has 19 heavy (non-hydrogen) atoms. The van der Waals surface area contributed by atoms with E-state index in [0.29, 0.717) is 11.1 Å². The molecule has 0 aliphatic rings. The number of hydrogen-bond acceptors (Lipinski definition) is 4. The molecule has 0 saturated carbocycles. The van der Waals surface area contributed by atoms with Crippen LogP contribution in [0, 0.1) is 0 Å². The van der Waals surface area contributed by atoms with Gasteiger partial charge in [0.25, 0.3) is 0 Å². The Labute approximate surface area is 112 Å². The SMILES string of the molecule is CC(=O)CCC(=O)/C=C/c1ccc(CO)c(CO)c1. The normalized spacial score (nSPS) is 10.9. The van der Waals surface area contributed by atoms with Crippen molar-refractivity contribution in [3.05, 3.63) is 41.0 Å². The summed E-state index contributed by atoms with van der Waals surface area (Å²) in [6.07, 6.45) is 3.54. The van der Waals surface area contributed by atoms with Crippen molar-refractivity contribution in [1.82, 2.24) is 0 Å². The summed E-state index contributed by atoms with van der Waals surface area (Å²) in [5.74, 6) is -0.108. The third-order valence-electron chi connectivity index (χ3n) is 2.76. The number of rotatable bonds is 7. The average molecular weight is 262 g/mol. The Kier molecular flexibility index (Phi) is 6.12. The minimum atomic E-state index is -0.157. The first-order chi connectivity index (χ1) is 9.06. The van der Waals surface area contributed by atoms with Gasteiger partial charge in [0.15, 0.2) is 5.78 Å². The van der Waals surface area contributed by atoms with Gasteiger partial charge in [-0.05, 0) is 35.8 Å². The lowest BCUT2D eigenvalue weighted by Crippen LogP contribution is -1.98. The maximum absolute atomic E-state index is 11.5. The molecular weight excluding hydrogens is 244 g/mol. The zero-order chi connectivity index (χ0) is 14.3. The first-order valence-electron chi connectivity index (χ1n) is 6.10. The van der Waals surface area contributed by atoms with Gasteiger partial charge in [-0.1, -0.05) is 18.2 Å². The van der Waals surface area contributed by atoms with Crippen molar-refractivity contribution in [3.8, 4) is 0 Å². The summed E-state index contributed by atoms with van der Waals surface area (Å²) in [5, 5.41) is 18.2. The highest BCUT2D eigenvalue weighted by Crippen LogP contribution is 2.14. The van der Waals surface area contributed by atoms with Gasteiger partial charge in [0.2, 0.25) is 0 Å². The van der Waals surface area contributed by atoms with Crippen LogP contribution in [0.15, 0.2) is 24.3 Å². The van der Waals surface area contributed by atoms with Gasteiger partial charge in [0.05, 0.1) is 13.2 Å². The third-order valence-corrected chi connectivity index (χ3v) is 2.76. The zero-order valence-corrected chi connectivity index (χ0v) is 10.9. The van der Waals surface area contributed by atoms with Crippen LogP contribution in [0.5, 0.6) is 0 Å². The number of hydrogen-bond donors (Lipinski definition) is 2. The fourth-order valence-corrected chi connectivity index (χ4v) is 1.62. The molecule has 1 aromatic carbocycles. The van der Waals surface area contributed by atoms with E-state index in [2.05, 4.69) is 0 Å². The molecule has 0 fully saturated rings. The number of benzene rings is 1. The summed E-state index contributed by atoms with van der Waals surface area (Å²) in [5.41, 5.74) is 2.08. The molecule has 0 bridgehead atoms. The highest BCUT2D eigenvalue weighted by atomic mass is 16.3. The van der Waals surface area contributed by atoms with E-state index in [-0.39, 0.29) is 37.6 Å². The highest BCUT2D eigenvalue weighted by Gasteiger charge is 2.02. The molecule has 0 spiro atoms. The highest BCUT2D eigenvalue weighted by molar-refractivity contribution is 5.95. The minimum Gasteiger partial charge on any atom is -0.392 e. The second kappa shape index (κ2) is 7.61. The number of aliphatic hydroxyl groups is 2. The van der Waals surface area contributed by atoms with Crippen LogP contribution in [0.2, 0.25) is 0 Å². The molecule has 0 aromatic heterocycles. The van der Waals surface area contributed by atoms with Crippen LogP contribution < -0.4 is 0 Å². The molecule has 0 aliphatic heterocycles. The molecule has 1 aromatic rings. The summed E-state index contributed by atoms with van der Waals surface area (Å²) in [6, 6.07) is 5.20. The molecular formula is C15H18O4. The van der Waals surface area contributed by atoms with Crippen molar-refractivity contribution >= 4 is 17.6 Å². The fourth-order valence-electron chi connectivity index (χ4n) is 1.62. The number of aliphatic hydroxyl groups excluding tert-OH is 2.